The fourth-order valence-corrected chi connectivity index (χ4v) is 3.06. The summed E-state index contributed by atoms with van der Waals surface area (Å²) >= 11 is 19.5. The second-order valence-electron chi connectivity index (χ2n) is 3.55. The zero-order chi connectivity index (χ0) is 13.1. The molecule has 18 heavy (non-hydrogen) atoms. The second-order valence-corrected chi connectivity index (χ2v) is 5.66. The smallest absolute Gasteiger partial charge is 0.187 e. The maximum Gasteiger partial charge on any atom is 0.187 e. The normalized spacial score (nSPS) is 10.7. The predicted octanol–water partition coefficient (Wildman–Crippen LogP) is 4.35. The molecule has 0 amide bonds. The van der Waals surface area contributed by atoms with Gasteiger partial charge in [0.15, 0.2) is 5.13 Å². The third-order valence-electron chi connectivity index (χ3n) is 2.19. The third-order valence-corrected chi connectivity index (χ3v) is 3.81. The summed E-state index contributed by atoms with van der Waals surface area (Å²) in [5.74, 6) is 0. The molecule has 3 nitrogen and oxygen atoms in total. The molecule has 96 valence electrons. The standard InChI is InChI=1S/C11H10Cl3N3S/c12-6-3-8(13)10(9(14)4-6)17-11-16-7(1-2-15)5-18-11/h3-5H,1-2,15H2,(H,16,17). The molecule has 0 atom stereocenters. The molecule has 0 bridgehead atoms. The molecule has 1 aromatic carbocycles. The summed E-state index contributed by atoms with van der Waals surface area (Å²) in [7, 11) is 0. The molecule has 0 fully saturated rings. The summed E-state index contributed by atoms with van der Waals surface area (Å²) in [6, 6.07) is 3.26. The molecule has 1 aromatic heterocycles. The minimum atomic E-state index is 0.461. The summed E-state index contributed by atoms with van der Waals surface area (Å²) in [4.78, 5) is 4.38. The van der Waals surface area contributed by atoms with Crippen molar-refractivity contribution in [1.82, 2.24) is 4.98 Å². The Morgan fingerprint density at radius 1 is 1.22 bits per heavy atom. The predicted molar refractivity (Wildman–Crippen MR) is 79.6 cm³/mol. The van der Waals surface area contributed by atoms with E-state index in [0.717, 1.165) is 17.2 Å². The molecule has 2 rings (SSSR count). The molecule has 0 aliphatic heterocycles. The fraction of sp³-hybridized carbons (Fsp3) is 0.182. The molecule has 2 aromatic rings. The largest absolute Gasteiger partial charge is 0.330 e. The molecular weight excluding hydrogens is 313 g/mol. The van der Waals surface area contributed by atoms with E-state index in [1.54, 1.807) is 12.1 Å². The molecule has 7 heteroatoms. The minimum absolute atomic E-state index is 0.461. The number of aromatic nitrogens is 1. The monoisotopic (exact) mass is 321 g/mol. The van der Waals surface area contributed by atoms with Gasteiger partial charge in [0.05, 0.1) is 21.4 Å². The van der Waals surface area contributed by atoms with Gasteiger partial charge < -0.3 is 11.1 Å². The summed E-state index contributed by atoms with van der Waals surface area (Å²) < 4.78 is 0. The molecule has 1 heterocycles. The zero-order valence-electron chi connectivity index (χ0n) is 9.21. The van der Waals surface area contributed by atoms with Crippen LogP contribution in [0.1, 0.15) is 5.69 Å². The van der Waals surface area contributed by atoms with Gasteiger partial charge in [-0.25, -0.2) is 4.98 Å². The first kappa shape index (κ1) is 13.9. The van der Waals surface area contributed by atoms with Crippen LogP contribution < -0.4 is 11.1 Å². The summed E-state index contributed by atoms with van der Waals surface area (Å²) in [5.41, 5.74) is 7.03. The quantitative estimate of drug-likeness (QED) is 0.880. The van der Waals surface area contributed by atoms with Crippen molar-refractivity contribution < 1.29 is 0 Å². The van der Waals surface area contributed by atoms with Crippen LogP contribution in [0.2, 0.25) is 15.1 Å². The first-order valence-corrected chi connectivity index (χ1v) is 7.17. The third kappa shape index (κ3) is 3.28. The summed E-state index contributed by atoms with van der Waals surface area (Å²) in [5, 5.41) is 7.19. The van der Waals surface area contributed by atoms with Crippen molar-refractivity contribution >= 4 is 57.0 Å². The summed E-state index contributed by atoms with van der Waals surface area (Å²) in [6.07, 6.45) is 0.750. The van der Waals surface area contributed by atoms with E-state index in [4.69, 9.17) is 40.5 Å². The first-order chi connectivity index (χ1) is 8.60. The second kappa shape index (κ2) is 6.08. The number of nitrogens with one attached hydrogen (secondary N) is 1. The van der Waals surface area contributed by atoms with Gasteiger partial charge in [-0.05, 0) is 18.7 Å². The molecular formula is C11H10Cl3N3S. The van der Waals surface area contributed by atoms with Crippen LogP contribution in [0.5, 0.6) is 0 Å². The van der Waals surface area contributed by atoms with Crippen LogP contribution in [0.15, 0.2) is 17.5 Å². The topological polar surface area (TPSA) is 50.9 Å². The van der Waals surface area contributed by atoms with E-state index in [1.807, 2.05) is 5.38 Å². The van der Waals surface area contributed by atoms with Crippen LogP contribution >= 0.6 is 46.1 Å². The Morgan fingerprint density at radius 2 is 1.89 bits per heavy atom. The zero-order valence-corrected chi connectivity index (χ0v) is 12.3. The van der Waals surface area contributed by atoms with Gasteiger partial charge in [0.1, 0.15) is 0 Å². The summed E-state index contributed by atoms with van der Waals surface area (Å²) in [6.45, 7) is 0.575. The van der Waals surface area contributed by atoms with Gasteiger partial charge in [0.25, 0.3) is 0 Å². The molecule has 0 saturated heterocycles. The van der Waals surface area contributed by atoms with E-state index in [9.17, 15) is 0 Å². The highest BCUT2D eigenvalue weighted by molar-refractivity contribution is 7.13. The van der Waals surface area contributed by atoms with Crippen molar-refractivity contribution in [3.63, 3.8) is 0 Å². The van der Waals surface area contributed by atoms with Crippen molar-refractivity contribution in [2.45, 2.75) is 6.42 Å². The number of hydrogen-bond donors (Lipinski definition) is 2. The Bertz CT molecular complexity index is 533. The van der Waals surface area contributed by atoms with E-state index in [2.05, 4.69) is 10.3 Å². The Balaban J connectivity index is 2.22. The van der Waals surface area contributed by atoms with Crippen LogP contribution in [0.25, 0.3) is 0 Å². The number of nitrogens with zero attached hydrogens (tertiary/aromatic N) is 1. The maximum atomic E-state index is 6.08. The lowest BCUT2D eigenvalue weighted by Crippen LogP contribution is -2.02. The Hall–Kier alpha value is -0.520. The number of nitrogens with two attached hydrogens (primary N) is 1. The first-order valence-electron chi connectivity index (χ1n) is 5.16. The molecule has 0 aliphatic rings. The van der Waals surface area contributed by atoms with Crippen LogP contribution in [0.3, 0.4) is 0 Å². The van der Waals surface area contributed by atoms with E-state index < -0.39 is 0 Å². The lowest BCUT2D eigenvalue weighted by molar-refractivity contribution is 0.936. The van der Waals surface area contributed by atoms with Gasteiger partial charge in [-0.15, -0.1) is 11.3 Å². The number of hydrogen-bond acceptors (Lipinski definition) is 4. The molecule has 3 N–H and O–H groups in total. The van der Waals surface area contributed by atoms with E-state index in [-0.39, 0.29) is 0 Å². The van der Waals surface area contributed by atoms with Crippen molar-refractivity contribution in [3.8, 4) is 0 Å². The fourth-order valence-electron chi connectivity index (χ4n) is 1.40. The highest BCUT2D eigenvalue weighted by Gasteiger charge is 2.10. The van der Waals surface area contributed by atoms with Crippen molar-refractivity contribution in [2.75, 3.05) is 11.9 Å². The Labute approximate surface area is 124 Å². The minimum Gasteiger partial charge on any atom is -0.330 e. The van der Waals surface area contributed by atoms with Crippen LogP contribution in [-0.4, -0.2) is 11.5 Å². The highest BCUT2D eigenvalue weighted by Crippen LogP contribution is 2.36. The highest BCUT2D eigenvalue weighted by atomic mass is 35.5. The van der Waals surface area contributed by atoms with Crippen molar-refractivity contribution in [1.29, 1.82) is 0 Å². The van der Waals surface area contributed by atoms with E-state index in [0.29, 0.717) is 27.3 Å². The average molecular weight is 323 g/mol. The van der Waals surface area contributed by atoms with Gasteiger partial charge in [-0.1, -0.05) is 34.8 Å². The van der Waals surface area contributed by atoms with Crippen LogP contribution in [0.4, 0.5) is 10.8 Å². The van der Waals surface area contributed by atoms with Gasteiger partial charge in [-0.2, -0.15) is 0 Å². The maximum absolute atomic E-state index is 6.08. The van der Waals surface area contributed by atoms with Crippen molar-refractivity contribution in [2.24, 2.45) is 5.73 Å². The number of halogens is 3. The molecule has 0 unspecified atom stereocenters. The number of benzene rings is 1. The van der Waals surface area contributed by atoms with E-state index >= 15 is 0 Å². The molecule has 0 spiro atoms. The van der Waals surface area contributed by atoms with Crippen LogP contribution in [0, 0.1) is 0 Å². The number of rotatable bonds is 4. The lowest BCUT2D eigenvalue weighted by atomic mass is 10.3. The van der Waals surface area contributed by atoms with Gasteiger partial charge in [0.2, 0.25) is 0 Å². The van der Waals surface area contributed by atoms with Crippen LogP contribution in [-0.2, 0) is 6.42 Å². The van der Waals surface area contributed by atoms with Crippen molar-refractivity contribution in [3.05, 3.63) is 38.3 Å². The lowest BCUT2D eigenvalue weighted by Gasteiger charge is -2.08. The Kier molecular flexibility index (Phi) is 4.70. The number of anilines is 2. The number of thiazole rings is 1. The molecule has 0 aliphatic carbocycles. The van der Waals surface area contributed by atoms with Gasteiger partial charge in [0, 0.05) is 16.8 Å². The molecule has 0 radical (unpaired) electrons. The SMILES string of the molecule is NCCc1csc(Nc2c(Cl)cc(Cl)cc2Cl)n1. The Morgan fingerprint density at radius 3 is 2.50 bits per heavy atom. The van der Waals surface area contributed by atoms with E-state index in [1.165, 1.54) is 11.3 Å². The molecule has 0 saturated carbocycles. The van der Waals surface area contributed by atoms with Gasteiger partial charge >= 0.3 is 0 Å². The van der Waals surface area contributed by atoms with Gasteiger partial charge in [-0.3, -0.25) is 0 Å². The average Bonchev–Trinajstić information content (AvgIpc) is 2.72.